The predicted molar refractivity (Wildman–Crippen MR) is 102 cm³/mol. The minimum Gasteiger partial charge on any atom is -0.462 e. The van der Waals surface area contributed by atoms with E-state index < -0.39 is 0 Å². The zero-order valence-electron chi connectivity index (χ0n) is 15.4. The number of carbonyl (C=O) groups is 1. The molecule has 0 amide bonds. The van der Waals surface area contributed by atoms with Crippen molar-refractivity contribution in [3.05, 3.63) is 65.7 Å². The number of benzene rings is 2. The summed E-state index contributed by atoms with van der Waals surface area (Å²) in [6.07, 6.45) is 4.31. The second kappa shape index (κ2) is 7.50. The van der Waals surface area contributed by atoms with E-state index in [1.807, 2.05) is 19.1 Å². The van der Waals surface area contributed by atoms with Crippen LogP contribution in [0, 0.1) is 0 Å². The van der Waals surface area contributed by atoms with Crippen LogP contribution in [0.5, 0.6) is 0 Å². The van der Waals surface area contributed by atoms with E-state index in [2.05, 4.69) is 47.4 Å². The third-order valence-corrected chi connectivity index (χ3v) is 5.70. The highest BCUT2D eigenvalue weighted by atomic mass is 16.5. The third kappa shape index (κ3) is 3.21. The highest BCUT2D eigenvalue weighted by Gasteiger charge is 2.45. The first-order valence-electron chi connectivity index (χ1n) is 9.72. The molecule has 4 nitrogen and oxygen atoms in total. The van der Waals surface area contributed by atoms with E-state index in [0.717, 1.165) is 6.54 Å². The van der Waals surface area contributed by atoms with Crippen LogP contribution in [0.4, 0.5) is 5.69 Å². The molecule has 4 rings (SSSR count). The number of ether oxygens (including phenoxy) is 1. The number of anilines is 1. The Morgan fingerprint density at radius 3 is 2.62 bits per heavy atom. The molecular formula is C22H27N2O2+. The number of carbonyl (C=O) groups excluding carboxylic acids is 1. The molecule has 136 valence electrons. The van der Waals surface area contributed by atoms with Gasteiger partial charge >= 0.3 is 5.97 Å². The van der Waals surface area contributed by atoms with Gasteiger partial charge in [0.1, 0.15) is 6.04 Å². The van der Waals surface area contributed by atoms with Gasteiger partial charge in [-0.1, -0.05) is 30.3 Å². The van der Waals surface area contributed by atoms with Gasteiger partial charge in [-0.2, -0.15) is 0 Å². The lowest BCUT2D eigenvalue weighted by molar-refractivity contribution is -0.945. The van der Waals surface area contributed by atoms with E-state index in [0.29, 0.717) is 24.4 Å². The molecule has 4 heteroatoms. The molecule has 3 atom stereocenters. The van der Waals surface area contributed by atoms with Crippen molar-refractivity contribution in [1.82, 2.24) is 0 Å². The lowest BCUT2D eigenvalue weighted by Gasteiger charge is -2.32. The van der Waals surface area contributed by atoms with Crippen LogP contribution in [0.1, 0.15) is 48.3 Å². The molecule has 0 bridgehead atoms. The summed E-state index contributed by atoms with van der Waals surface area (Å²) in [6, 6.07) is 19.5. The molecule has 0 spiro atoms. The fourth-order valence-electron chi connectivity index (χ4n) is 4.51. The second-order valence-electron chi connectivity index (χ2n) is 7.25. The summed E-state index contributed by atoms with van der Waals surface area (Å²) in [6.45, 7) is 4.55. The molecule has 2 saturated heterocycles. The Balaban J connectivity index is 1.64. The molecule has 0 aromatic heterocycles. The molecule has 26 heavy (non-hydrogen) atoms. The number of fused-ring (bicyclic) bond motifs is 1. The smallest absolute Gasteiger partial charge is 0.338 e. The Kier molecular flexibility index (Phi) is 4.93. The van der Waals surface area contributed by atoms with E-state index in [9.17, 15) is 4.79 Å². The summed E-state index contributed by atoms with van der Waals surface area (Å²) in [5.74, 6) is -0.247. The SMILES string of the molecule is CCOC(=O)c1ccc(N2C[C@@H]3CCCC[NH+]3[C@@H]2c2ccccc2)cc1. The van der Waals surface area contributed by atoms with Crippen LogP contribution in [0.2, 0.25) is 0 Å². The van der Waals surface area contributed by atoms with Gasteiger partial charge in [-0.25, -0.2) is 4.79 Å². The van der Waals surface area contributed by atoms with Crippen molar-refractivity contribution in [2.24, 2.45) is 0 Å². The number of hydrogen-bond donors (Lipinski definition) is 1. The van der Waals surface area contributed by atoms with Crippen molar-refractivity contribution in [2.75, 3.05) is 24.6 Å². The molecule has 2 aromatic rings. The highest BCUT2D eigenvalue weighted by Crippen LogP contribution is 2.29. The van der Waals surface area contributed by atoms with Gasteiger partial charge in [0.2, 0.25) is 0 Å². The molecule has 2 heterocycles. The van der Waals surface area contributed by atoms with Crippen molar-refractivity contribution < 1.29 is 14.4 Å². The van der Waals surface area contributed by atoms with Crippen LogP contribution in [0.15, 0.2) is 54.6 Å². The summed E-state index contributed by atoms with van der Waals surface area (Å²) in [5, 5.41) is 0. The van der Waals surface area contributed by atoms with Crippen LogP contribution < -0.4 is 9.80 Å². The molecular weight excluding hydrogens is 324 g/mol. The van der Waals surface area contributed by atoms with Gasteiger partial charge in [-0.05, 0) is 44.0 Å². The number of hydrogen-bond acceptors (Lipinski definition) is 3. The number of rotatable bonds is 4. The minimum absolute atomic E-state index is 0.247. The fraction of sp³-hybridized carbons (Fsp3) is 0.409. The standard InChI is InChI=1S/C22H26N2O2/c1-2-26-22(25)18-11-13-19(14-12-18)24-16-20-10-6-7-15-23(20)21(24)17-8-4-3-5-9-17/h3-5,8-9,11-14,20-21H,2,6-7,10,15-16H2,1H3/p+1/t20-,21-/m0/s1. The summed E-state index contributed by atoms with van der Waals surface area (Å²) in [4.78, 5) is 16.1. The van der Waals surface area contributed by atoms with Crippen LogP contribution >= 0.6 is 0 Å². The molecule has 2 aromatic carbocycles. The Hall–Kier alpha value is -2.33. The van der Waals surface area contributed by atoms with E-state index in [4.69, 9.17) is 4.74 Å². The molecule has 0 radical (unpaired) electrons. The maximum atomic E-state index is 11.9. The van der Waals surface area contributed by atoms with Gasteiger partial charge in [0, 0.05) is 17.7 Å². The first-order valence-corrected chi connectivity index (χ1v) is 9.72. The minimum atomic E-state index is -0.247. The highest BCUT2D eigenvalue weighted by molar-refractivity contribution is 5.89. The summed E-state index contributed by atoms with van der Waals surface area (Å²) in [5.41, 5.74) is 3.19. The maximum Gasteiger partial charge on any atom is 0.338 e. The average Bonchev–Trinajstić information content (AvgIpc) is 3.08. The second-order valence-corrected chi connectivity index (χ2v) is 7.25. The topological polar surface area (TPSA) is 34.0 Å². The van der Waals surface area contributed by atoms with Gasteiger partial charge in [0.15, 0.2) is 6.17 Å². The van der Waals surface area contributed by atoms with Crippen molar-refractivity contribution in [2.45, 2.75) is 38.4 Å². The molecule has 2 aliphatic heterocycles. The summed E-state index contributed by atoms with van der Waals surface area (Å²) < 4.78 is 5.10. The van der Waals surface area contributed by atoms with E-state index >= 15 is 0 Å². The van der Waals surface area contributed by atoms with Crippen molar-refractivity contribution in [3.63, 3.8) is 0 Å². The zero-order chi connectivity index (χ0) is 17.9. The number of nitrogens with one attached hydrogen (secondary N) is 1. The molecule has 1 N–H and O–H groups in total. The van der Waals surface area contributed by atoms with Crippen LogP contribution in [0.3, 0.4) is 0 Å². The molecule has 1 unspecified atom stereocenters. The van der Waals surface area contributed by atoms with Crippen molar-refractivity contribution in [1.29, 1.82) is 0 Å². The first kappa shape index (κ1) is 17.1. The van der Waals surface area contributed by atoms with Gasteiger partial charge in [-0.15, -0.1) is 0 Å². The molecule has 0 saturated carbocycles. The Morgan fingerprint density at radius 1 is 1.12 bits per heavy atom. The Morgan fingerprint density at radius 2 is 1.88 bits per heavy atom. The average molecular weight is 351 g/mol. The third-order valence-electron chi connectivity index (χ3n) is 5.70. The summed E-state index contributed by atoms with van der Waals surface area (Å²) in [7, 11) is 0. The van der Waals surface area contributed by atoms with Crippen molar-refractivity contribution in [3.8, 4) is 0 Å². The van der Waals surface area contributed by atoms with Gasteiger partial charge in [0.05, 0.1) is 25.3 Å². The maximum absolute atomic E-state index is 11.9. The van der Waals surface area contributed by atoms with Gasteiger partial charge in [0.25, 0.3) is 0 Å². The number of nitrogens with zero attached hydrogens (tertiary/aromatic N) is 1. The summed E-state index contributed by atoms with van der Waals surface area (Å²) >= 11 is 0. The molecule has 2 fully saturated rings. The van der Waals surface area contributed by atoms with Crippen molar-refractivity contribution >= 4 is 11.7 Å². The molecule has 2 aliphatic rings. The normalized spacial score (nSPS) is 25.0. The lowest BCUT2D eigenvalue weighted by Crippen LogP contribution is -3.15. The van der Waals surface area contributed by atoms with E-state index in [-0.39, 0.29) is 5.97 Å². The van der Waals surface area contributed by atoms with Crippen LogP contribution in [-0.4, -0.2) is 31.7 Å². The largest absolute Gasteiger partial charge is 0.462 e. The zero-order valence-corrected chi connectivity index (χ0v) is 15.4. The van der Waals surface area contributed by atoms with Crippen LogP contribution in [0.25, 0.3) is 0 Å². The monoisotopic (exact) mass is 351 g/mol. The predicted octanol–water partition coefficient (Wildman–Crippen LogP) is 2.82. The van der Waals surface area contributed by atoms with Crippen LogP contribution in [-0.2, 0) is 4.74 Å². The quantitative estimate of drug-likeness (QED) is 0.860. The Bertz CT molecular complexity index is 744. The van der Waals surface area contributed by atoms with Gasteiger partial charge < -0.3 is 14.5 Å². The number of piperidine rings is 1. The van der Waals surface area contributed by atoms with Gasteiger partial charge in [-0.3, -0.25) is 0 Å². The van der Waals surface area contributed by atoms with E-state index in [1.165, 1.54) is 37.1 Å². The lowest BCUT2D eigenvalue weighted by atomic mass is 10.0. The molecule has 0 aliphatic carbocycles. The number of esters is 1. The number of quaternary nitrogens is 1. The fourth-order valence-corrected chi connectivity index (χ4v) is 4.51. The first-order chi connectivity index (χ1) is 12.8. The van der Waals surface area contributed by atoms with E-state index in [1.54, 1.807) is 4.90 Å². The Labute approximate surface area is 155 Å².